The fourth-order valence-corrected chi connectivity index (χ4v) is 4.19. The van der Waals surface area contributed by atoms with Crippen LogP contribution >= 0.6 is 0 Å². The lowest BCUT2D eigenvalue weighted by atomic mass is 10.1. The van der Waals surface area contributed by atoms with Crippen molar-refractivity contribution in [1.29, 1.82) is 0 Å². The van der Waals surface area contributed by atoms with Crippen LogP contribution in [0.15, 0.2) is 48.8 Å². The Kier molecular flexibility index (Phi) is 7.54. The van der Waals surface area contributed by atoms with Gasteiger partial charge in [0.15, 0.2) is 0 Å². The van der Waals surface area contributed by atoms with Crippen LogP contribution in [0.25, 0.3) is 0 Å². The number of rotatable bonds is 8. The second-order valence-corrected chi connectivity index (χ2v) is 9.01. The van der Waals surface area contributed by atoms with E-state index < -0.39 is 17.5 Å². The van der Waals surface area contributed by atoms with E-state index in [1.54, 1.807) is 24.4 Å². The summed E-state index contributed by atoms with van der Waals surface area (Å²) in [7, 11) is 4.02. The number of amides is 2. The maximum atomic E-state index is 14.0. The molecule has 1 fully saturated rings. The molecule has 8 nitrogen and oxygen atoms in total. The molecule has 0 aliphatic carbocycles. The quantitative estimate of drug-likeness (QED) is 0.499. The summed E-state index contributed by atoms with van der Waals surface area (Å²) in [6, 6.07) is 9.07. The van der Waals surface area contributed by atoms with Crippen molar-refractivity contribution in [2.75, 3.05) is 32.5 Å². The van der Waals surface area contributed by atoms with Crippen LogP contribution < -0.4 is 11.1 Å². The normalized spacial score (nSPS) is 15.4. The summed E-state index contributed by atoms with van der Waals surface area (Å²) in [5.74, 6) is -2.15. The van der Waals surface area contributed by atoms with Gasteiger partial charge < -0.3 is 20.9 Å². The molecule has 3 N–H and O–H groups in total. The third kappa shape index (κ3) is 5.65. The van der Waals surface area contributed by atoms with Crippen LogP contribution in [0, 0.1) is 11.6 Å². The largest absolute Gasteiger partial charge is 0.380 e. The Morgan fingerprint density at radius 2 is 1.83 bits per heavy atom. The van der Waals surface area contributed by atoms with Crippen LogP contribution in [0.3, 0.4) is 0 Å². The molecule has 0 spiro atoms. The highest BCUT2D eigenvalue weighted by atomic mass is 19.1. The molecule has 188 valence electrons. The molecule has 3 heterocycles. The smallest absolute Gasteiger partial charge is 0.255 e. The molecular formula is C26H28F2N6O2. The predicted octanol–water partition coefficient (Wildman–Crippen LogP) is 2.83. The van der Waals surface area contributed by atoms with E-state index in [4.69, 9.17) is 5.73 Å². The number of likely N-dealkylation sites (N-methyl/N-ethyl adjacent to an activating group) is 1. The highest BCUT2D eigenvalue weighted by Crippen LogP contribution is 2.21. The van der Waals surface area contributed by atoms with Crippen molar-refractivity contribution >= 4 is 17.5 Å². The first-order valence-electron chi connectivity index (χ1n) is 11.6. The molecule has 1 atom stereocenters. The number of pyridine rings is 2. The molecule has 0 bridgehead atoms. The van der Waals surface area contributed by atoms with E-state index in [0.717, 1.165) is 18.6 Å². The van der Waals surface area contributed by atoms with E-state index in [1.165, 1.54) is 12.3 Å². The number of nitrogens with two attached hydrogens (primary N) is 1. The monoisotopic (exact) mass is 494 g/mol. The summed E-state index contributed by atoms with van der Waals surface area (Å²) >= 11 is 0. The SMILES string of the molecule is CN(C)[C@@H]1CCN(C(=O)c2ccc(Cc3cc(NCc4c(F)cccc4F)c(C(N)=O)cn3)nc2)C1. The lowest BCUT2D eigenvalue weighted by Crippen LogP contribution is -2.34. The Balaban J connectivity index is 1.46. The van der Waals surface area contributed by atoms with Gasteiger partial charge in [-0.3, -0.25) is 19.6 Å². The van der Waals surface area contributed by atoms with E-state index >= 15 is 0 Å². The van der Waals surface area contributed by atoms with Gasteiger partial charge in [0.2, 0.25) is 0 Å². The minimum absolute atomic E-state index is 0.0470. The van der Waals surface area contributed by atoms with Crippen LogP contribution in [0.2, 0.25) is 0 Å². The lowest BCUT2D eigenvalue weighted by Gasteiger charge is -2.20. The van der Waals surface area contributed by atoms with E-state index in [2.05, 4.69) is 20.2 Å². The molecule has 10 heteroatoms. The Morgan fingerprint density at radius 1 is 1.11 bits per heavy atom. The van der Waals surface area contributed by atoms with Crippen molar-refractivity contribution in [2.45, 2.75) is 25.4 Å². The van der Waals surface area contributed by atoms with Gasteiger partial charge in [-0.1, -0.05) is 6.07 Å². The Bertz CT molecular complexity index is 1250. The first-order valence-corrected chi connectivity index (χ1v) is 11.6. The number of hydrogen-bond donors (Lipinski definition) is 2. The van der Waals surface area contributed by atoms with Crippen LogP contribution in [-0.4, -0.2) is 64.8 Å². The molecule has 0 saturated carbocycles. The van der Waals surface area contributed by atoms with E-state index in [1.807, 2.05) is 19.0 Å². The van der Waals surface area contributed by atoms with Gasteiger partial charge >= 0.3 is 0 Å². The number of carbonyl (C=O) groups excluding carboxylic acids is 2. The summed E-state index contributed by atoms with van der Waals surface area (Å²) in [6.45, 7) is 1.23. The molecule has 4 rings (SSSR count). The van der Waals surface area contributed by atoms with Crippen LogP contribution in [0.1, 0.15) is 44.1 Å². The highest BCUT2D eigenvalue weighted by Gasteiger charge is 2.28. The molecule has 1 aliphatic heterocycles. The number of likely N-dealkylation sites (tertiary alicyclic amines) is 1. The number of nitrogens with one attached hydrogen (secondary N) is 1. The molecule has 2 amide bonds. The Hall–Kier alpha value is -3.92. The van der Waals surface area contributed by atoms with Crippen LogP contribution in [0.4, 0.5) is 14.5 Å². The summed E-state index contributed by atoms with van der Waals surface area (Å²) in [4.78, 5) is 37.3. The molecule has 1 aliphatic rings. The predicted molar refractivity (Wildman–Crippen MR) is 131 cm³/mol. The van der Waals surface area contributed by atoms with Gasteiger partial charge in [0.25, 0.3) is 11.8 Å². The third-order valence-electron chi connectivity index (χ3n) is 6.36. The standard InChI is InChI=1S/C26H28F2N6O2/c1-33(2)19-8-9-34(15-19)26(36)16-6-7-17(30-12-16)10-18-11-24(21(14-31-18)25(29)35)32-13-20-22(27)4-3-5-23(20)28/h3-7,11-12,14,19H,8-10,13,15H2,1-2H3,(H2,29,35)(H,31,32)/t19-/m1/s1. The van der Waals surface area contributed by atoms with Crippen molar-refractivity contribution in [2.24, 2.45) is 5.73 Å². The Morgan fingerprint density at radius 3 is 2.44 bits per heavy atom. The number of nitrogens with zero attached hydrogens (tertiary/aromatic N) is 4. The number of benzene rings is 1. The van der Waals surface area contributed by atoms with E-state index in [0.29, 0.717) is 48.2 Å². The zero-order valence-electron chi connectivity index (χ0n) is 20.2. The van der Waals surface area contributed by atoms with E-state index in [9.17, 15) is 18.4 Å². The number of carbonyl (C=O) groups is 2. The maximum Gasteiger partial charge on any atom is 0.255 e. The van der Waals surface area contributed by atoms with Crippen molar-refractivity contribution < 1.29 is 18.4 Å². The molecule has 2 aromatic heterocycles. The number of aromatic nitrogens is 2. The fourth-order valence-electron chi connectivity index (χ4n) is 4.19. The third-order valence-corrected chi connectivity index (χ3v) is 6.36. The topological polar surface area (TPSA) is 104 Å². The molecule has 36 heavy (non-hydrogen) atoms. The van der Waals surface area contributed by atoms with Gasteiger partial charge in [0.05, 0.1) is 16.8 Å². The zero-order valence-corrected chi connectivity index (χ0v) is 20.2. The summed E-state index contributed by atoms with van der Waals surface area (Å²) < 4.78 is 28.0. The molecule has 3 aromatic rings. The van der Waals surface area contributed by atoms with Gasteiger partial charge in [0.1, 0.15) is 11.6 Å². The van der Waals surface area contributed by atoms with Crippen molar-refractivity contribution in [3.63, 3.8) is 0 Å². The maximum absolute atomic E-state index is 14.0. The van der Waals surface area contributed by atoms with Gasteiger partial charge in [-0.15, -0.1) is 0 Å². The van der Waals surface area contributed by atoms with Gasteiger partial charge in [0, 0.05) is 61.4 Å². The second kappa shape index (κ2) is 10.8. The first-order chi connectivity index (χ1) is 17.2. The summed E-state index contributed by atoms with van der Waals surface area (Å²) in [6.07, 6.45) is 4.14. The minimum atomic E-state index is -0.718. The summed E-state index contributed by atoms with van der Waals surface area (Å²) in [5, 5.41) is 2.89. The van der Waals surface area contributed by atoms with Gasteiger partial charge in [-0.2, -0.15) is 0 Å². The Labute approximate surface area is 208 Å². The number of halogens is 2. The molecular weight excluding hydrogens is 466 g/mol. The average molecular weight is 495 g/mol. The van der Waals surface area contributed by atoms with Crippen LogP contribution in [0.5, 0.6) is 0 Å². The number of hydrogen-bond acceptors (Lipinski definition) is 6. The van der Waals surface area contributed by atoms with Crippen molar-refractivity contribution in [3.8, 4) is 0 Å². The second-order valence-electron chi connectivity index (χ2n) is 9.01. The van der Waals surface area contributed by atoms with Crippen molar-refractivity contribution in [1.82, 2.24) is 19.8 Å². The van der Waals surface area contributed by atoms with Gasteiger partial charge in [-0.25, -0.2) is 8.78 Å². The van der Waals surface area contributed by atoms with Crippen molar-refractivity contribution in [3.05, 3.63) is 88.5 Å². The molecule has 0 radical (unpaired) electrons. The fraction of sp³-hybridized carbons (Fsp3) is 0.308. The minimum Gasteiger partial charge on any atom is -0.380 e. The molecule has 1 saturated heterocycles. The van der Waals surface area contributed by atoms with Gasteiger partial charge in [-0.05, 0) is 50.8 Å². The van der Waals surface area contributed by atoms with E-state index in [-0.39, 0.29) is 23.6 Å². The number of primary amides is 1. The first kappa shape index (κ1) is 25.2. The summed E-state index contributed by atoms with van der Waals surface area (Å²) in [5.41, 5.74) is 7.47. The molecule has 1 aromatic carbocycles. The average Bonchev–Trinajstić information content (AvgIpc) is 3.35. The lowest BCUT2D eigenvalue weighted by molar-refractivity contribution is 0.0782. The highest BCUT2D eigenvalue weighted by molar-refractivity contribution is 5.98. The van der Waals surface area contributed by atoms with Crippen LogP contribution in [-0.2, 0) is 13.0 Å². The molecule has 0 unspecified atom stereocenters. The zero-order chi connectivity index (χ0) is 25.8. The number of anilines is 1.